The SMILES string of the molecule is CC1(NC(=O)CCl)CCN(C2CC(=O)N3CC(OCc4cc(C(F)(F)F)cc(C(F)(F)F)c4)C(c4ccc(F)cc4)C3C2)CC1. The Hall–Kier alpha value is -2.90. The second-order valence-electron chi connectivity index (χ2n) is 12.3. The summed E-state index contributed by atoms with van der Waals surface area (Å²) >= 11 is 5.66. The van der Waals surface area contributed by atoms with Crippen LogP contribution in [0.2, 0.25) is 0 Å². The lowest BCUT2D eigenvalue weighted by Gasteiger charge is -2.46. The minimum atomic E-state index is -5.00. The number of alkyl halides is 7. The van der Waals surface area contributed by atoms with Crippen molar-refractivity contribution < 1.29 is 45.1 Å². The van der Waals surface area contributed by atoms with Crippen molar-refractivity contribution in [2.45, 2.75) is 81.2 Å². The number of hydrogen-bond donors (Lipinski definition) is 1. The molecule has 4 atom stereocenters. The molecule has 0 saturated carbocycles. The van der Waals surface area contributed by atoms with Crippen molar-refractivity contribution in [1.82, 2.24) is 15.1 Å². The number of nitrogens with zero attached hydrogens (tertiary/aromatic N) is 2. The molecule has 45 heavy (non-hydrogen) atoms. The van der Waals surface area contributed by atoms with Gasteiger partial charge in [0.2, 0.25) is 11.8 Å². The van der Waals surface area contributed by atoms with Crippen molar-refractivity contribution >= 4 is 23.4 Å². The Bertz CT molecular complexity index is 1360. The van der Waals surface area contributed by atoms with Gasteiger partial charge in [0.05, 0.1) is 23.8 Å². The Morgan fingerprint density at radius 2 is 1.62 bits per heavy atom. The van der Waals surface area contributed by atoms with E-state index in [0.29, 0.717) is 50.0 Å². The molecule has 3 heterocycles. The Morgan fingerprint density at radius 3 is 2.18 bits per heavy atom. The van der Waals surface area contributed by atoms with Gasteiger partial charge in [0.1, 0.15) is 11.7 Å². The van der Waals surface area contributed by atoms with Gasteiger partial charge in [-0.1, -0.05) is 12.1 Å². The van der Waals surface area contributed by atoms with Crippen LogP contribution in [0.5, 0.6) is 0 Å². The van der Waals surface area contributed by atoms with Crippen LogP contribution in [-0.4, -0.2) is 70.9 Å². The van der Waals surface area contributed by atoms with Crippen molar-refractivity contribution in [2.75, 3.05) is 25.5 Å². The highest BCUT2D eigenvalue weighted by Gasteiger charge is 2.50. The van der Waals surface area contributed by atoms with E-state index in [-0.39, 0.29) is 54.4 Å². The van der Waals surface area contributed by atoms with Crippen LogP contribution in [0.4, 0.5) is 30.7 Å². The van der Waals surface area contributed by atoms with Crippen LogP contribution < -0.4 is 5.32 Å². The molecule has 5 rings (SSSR count). The van der Waals surface area contributed by atoms with Gasteiger partial charge in [0.25, 0.3) is 0 Å². The van der Waals surface area contributed by atoms with Gasteiger partial charge in [-0.15, -0.1) is 11.6 Å². The van der Waals surface area contributed by atoms with Gasteiger partial charge < -0.3 is 15.0 Å². The molecule has 2 amide bonds. The van der Waals surface area contributed by atoms with Crippen molar-refractivity contribution in [3.05, 3.63) is 70.5 Å². The zero-order valence-corrected chi connectivity index (χ0v) is 25.1. The lowest BCUT2D eigenvalue weighted by Crippen LogP contribution is -2.58. The van der Waals surface area contributed by atoms with Crippen LogP contribution in [0, 0.1) is 5.82 Å². The van der Waals surface area contributed by atoms with Gasteiger partial charge in [0.15, 0.2) is 0 Å². The maximum Gasteiger partial charge on any atom is 0.416 e. The first-order valence-corrected chi connectivity index (χ1v) is 15.2. The molecular weight excluding hydrogens is 631 g/mol. The summed E-state index contributed by atoms with van der Waals surface area (Å²) in [5.41, 5.74) is -2.95. The summed E-state index contributed by atoms with van der Waals surface area (Å²) in [6.45, 7) is 2.75. The molecule has 3 aliphatic rings. The van der Waals surface area contributed by atoms with Crippen LogP contribution in [-0.2, 0) is 33.3 Å². The minimum Gasteiger partial charge on any atom is -0.371 e. The quantitative estimate of drug-likeness (QED) is 0.287. The molecule has 3 aliphatic heterocycles. The van der Waals surface area contributed by atoms with E-state index in [9.17, 15) is 40.3 Å². The molecule has 14 heteroatoms. The van der Waals surface area contributed by atoms with Gasteiger partial charge in [0, 0.05) is 49.6 Å². The third-order valence-electron chi connectivity index (χ3n) is 9.18. The van der Waals surface area contributed by atoms with Gasteiger partial charge in [-0.3, -0.25) is 14.5 Å². The number of piperidine rings is 2. The molecule has 1 N–H and O–H groups in total. The monoisotopic (exact) mass is 663 g/mol. The number of carbonyl (C=O) groups is 2. The fourth-order valence-corrected chi connectivity index (χ4v) is 6.93. The summed E-state index contributed by atoms with van der Waals surface area (Å²) in [5.74, 6) is -1.51. The standard InChI is InChI=1S/C31H33ClF7N3O3/c1-29(40-26(43)15-32)6-8-41(9-7-29)23-13-24-28(19-2-4-22(33)5-3-19)25(16-42(24)27(44)14-23)45-17-18-10-20(30(34,35)36)12-21(11-18)31(37,38)39/h2-5,10-12,23-25,28H,6-9,13-17H2,1H3,(H,40,43). The van der Waals surface area contributed by atoms with Crippen molar-refractivity contribution in [2.24, 2.45) is 0 Å². The summed E-state index contributed by atoms with van der Waals surface area (Å²) in [7, 11) is 0. The molecule has 3 fully saturated rings. The van der Waals surface area contributed by atoms with Crippen LogP contribution in [0.25, 0.3) is 0 Å². The summed E-state index contributed by atoms with van der Waals surface area (Å²) in [6, 6.07) is 6.46. The van der Waals surface area contributed by atoms with Gasteiger partial charge in [-0.2, -0.15) is 26.3 Å². The Kier molecular flexibility index (Phi) is 9.45. The molecule has 2 aromatic rings. The number of fused-ring (bicyclic) bond motifs is 1. The largest absolute Gasteiger partial charge is 0.416 e. The fraction of sp³-hybridized carbons (Fsp3) is 0.548. The number of benzene rings is 2. The van der Waals surface area contributed by atoms with E-state index in [1.807, 2.05) is 6.92 Å². The minimum absolute atomic E-state index is 0.0640. The smallest absolute Gasteiger partial charge is 0.371 e. The molecule has 0 radical (unpaired) electrons. The number of amides is 2. The predicted molar refractivity (Wildman–Crippen MR) is 151 cm³/mol. The maximum atomic E-state index is 13.9. The number of hydrogen-bond acceptors (Lipinski definition) is 4. The fourth-order valence-electron chi connectivity index (χ4n) is 6.87. The number of nitrogens with one attached hydrogen (secondary N) is 1. The molecule has 0 spiro atoms. The lowest BCUT2D eigenvalue weighted by atomic mass is 9.82. The van der Waals surface area contributed by atoms with E-state index < -0.39 is 53.5 Å². The van der Waals surface area contributed by atoms with E-state index in [1.54, 1.807) is 17.0 Å². The molecule has 0 bridgehead atoms. The number of rotatable bonds is 7. The third kappa shape index (κ3) is 7.57. The second-order valence-corrected chi connectivity index (χ2v) is 12.6. The highest BCUT2D eigenvalue weighted by Crippen LogP contribution is 2.43. The van der Waals surface area contributed by atoms with E-state index >= 15 is 0 Å². The molecule has 246 valence electrons. The third-order valence-corrected chi connectivity index (χ3v) is 9.43. The molecule has 0 aliphatic carbocycles. The highest BCUT2D eigenvalue weighted by atomic mass is 35.5. The Morgan fingerprint density at radius 1 is 1.02 bits per heavy atom. The zero-order valence-electron chi connectivity index (χ0n) is 24.4. The van der Waals surface area contributed by atoms with Gasteiger partial charge >= 0.3 is 12.4 Å². The Labute approximate surface area is 260 Å². The van der Waals surface area contributed by atoms with E-state index in [0.717, 1.165) is 0 Å². The molecule has 3 saturated heterocycles. The maximum absolute atomic E-state index is 13.9. The molecule has 6 nitrogen and oxygen atoms in total. The predicted octanol–water partition coefficient (Wildman–Crippen LogP) is 6.12. The topological polar surface area (TPSA) is 61.9 Å². The first kappa shape index (κ1) is 33.5. The van der Waals surface area contributed by atoms with Crippen LogP contribution in [0.1, 0.15) is 60.8 Å². The lowest BCUT2D eigenvalue weighted by molar-refractivity contribution is -0.143. The molecule has 2 aromatic carbocycles. The second kappa shape index (κ2) is 12.7. The van der Waals surface area contributed by atoms with Crippen LogP contribution in [0.15, 0.2) is 42.5 Å². The van der Waals surface area contributed by atoms with E-state index in [4.69, 9.17) is 16.3 Å². The first-order valence-electron chi connectivity index (χ1n) is 14.6. The summed E-state index contributed by atoms with van der Waals surface area (Å²) in [6.07, 6.45) is -8.68. The molecule has 4 unspecified atom stereocenters. The summed E-state index contributed by atoms with van der Waals surface area (Å²) in [5, 5.41) is 2.96. The molecule has 0 aromatic heterocycles. The van der Waals surface area contributed by atoms with E-state index in [1.165, 1.54) is 12.1 Å². The van der Waals surface area contributed by atoms with Gasteiger partial charge in [-0.25, -0.2) is 4.39 Å². The number of ether oxygens (including phenoxy) is 1. The van der Waals surface area contributed by atoms with Gasteiger partial charge in [-0.05, 0) is 67.6 Å². The average molecular weight is 664 g/mol. The number of carbonyl (C=O) groups excluding carboxylic acids is 2. The summed E-state index contributed by atoms with van der Waals surface area (Å²) < 4.78 is 100. The Balaban J connectivity index is 1.36. The summed E-state index contributed by atoms with van der Waals surface area (Å²) in [4.78, 5) is 29.2. The van der Waals surface area contributed by atoms with Crippen molar-refractivity contribution in [3.63, 3.8) is 0 Å². The normalized spacial score (nSPS) is 25.7. The average Bonchev–Trinajstić information content (AvgIpc) is 3.34. The number of halogens is 8. The van der Waals surface area contributed by atoms with E-state index in [2.05, 4.69) is 10.2 Å². The number of likely N-dealkylation sites (tertiary alicyclic amines) is 1. The first-order chi connectivity index (χ1) is 21.1. The van der Waals surface area contributed by atoms with Crippen LogP contribution in [0.3, 0.4) is 0 Å². The van der Waals surface area contributed by atoms with Crippen molar-refractivity contribution in [1.29, 1.82) is 0 Å². The highest BCUT2D eigenvalue weighted by molar-refractivity contribution is 6.27. The van der Waals surface area contributed by atoms with Crippen LogP contribution >= 0.6 is 11.6 Å². The van der Waals surface area contributed by atoms with Crippen molar-refractivity contribution in [3.8, 4) is 0 Å². The zero-order chi connectivity index (χ0) is 32.7. The molecular formula is C31H33ClF7N3O3.